The first kappa shape index (κ1) is 15.1. The highest BCUT2D eigenvalue weighted by Gasteiger charge is 2.37. The van der Waals surface area contributed by atoms with Crippen LogP contribution in [-0.2, 0) is 4.74 Å². The van der Waals surface area contributed by atoms with E-state index < -0.39 is 0 Å². The van der Waals surface area contributed by atoms with Crippen molar-refractivity contribution in [1.82, 2.24) is 5.32 Å². The Kier molecular flexibility index (Phi) is 4.66. The van der Waals surface area contributed by atoms with Crippen molar-refractivity contribution >= 4 is 0 Å². The predicted octanol–water partition coefficient (Wildman–Crippen LogP) is 4.26. The Morgan fingerprint density at radius 2 is 1.81 bits per heavy atom. The first-order valence-electron chi connectivity index (χ1n) is 8.69. The Labute approximate surface area is 129 Å². The van der Waals surface area contributed by atoms with Crippen molar-refractivity contribution in [3.05, 3.63) is 35.9 Å². The molecule has 21 heavy (non-hydrogen) atoms. The van der Waals surface area contributed by atoms with Gasteiger partial charge in [-0.05, 0) is 50.0 Å². The van der Waals surface area contributed by atoms with Gasteiger partial charge in [0.1, 0.15) is 0 Å². The van der Waals surface area contributed by atoms with Gasteiger partial charge in [-0.3, -0.25) is 0 Å². The molecule has 0 radical (unpaired) electrons. The lowest BCUT2D eigenvalue weighted by Crippen LogP contribution is -2.52. The predicted molar refractivity (Wildman–Crippen MR) is 87.6 cm³/mol. The summed E-state index contributed by atoms with van der Waals surface area (Å²) in [5.41, 5.74) is 1.65. The summed E-state index contributed by atoms with van der Waals surface area (Å²) in [6.07, 6.45) is 7.23. The third kappa shape index (κ3) is 3.32. The van der Waals surface area contributed by atoms with Gasteiger partial charge in [0.25, 0.3) is 0 Å². The molecule has 1 heterocycles. The van der Waals surface area contributed by atoms with Gasteiger partial charge in [-0.25, -0.2) is 0 Å². The van der Waals surface area contributed by atoms with E-state index in [1.54, 1.807) is 0 Å². The van der Waals surface area contributed by atoms with Crippen molar-refractivity contribution < 1.29 is 4.74 Å². The molecule has 1 aliphatic carbocycles. The fraction of sp³-hybridized carbons (Fsp3) is 0.684. The maximum Gasteiger partial charge on any atom is 0.0692 e. The lowest BCUT2D eigenvalue weighted by molar-refractivity contribution is -0.0951. The van der Waals surface area contributed by atoms with Crippen LogP contribution in [0.2, 0.25) is 0 Å². The van der Waals surface area contributed by atoms with Gasteiger partial charge in [0.2, 0.25) is 0 Å². The van der Waals surface area contributed by atoms with E-state index in [0.29, 0.717) is 12.1 Å². The molecule has 1 N–H and O–H groups in total. The van der Waals surface area contributed by atoms with E-state index in [1.165, 1.54) is 31.2 Å². The number of benzene rings is 1. The smallest absolute Gasteiger partial charge is 0.0692 e. The van der Waals surface area contributed by atoms with Gasteiger partial charge in [-0.2, -0.15) is 0 Å². The minimum absolute atomic E-state index is 0.137. The van der Waals surface area contributed by atoms with Crippen molar-refractivity contribution in [2.24, 2.45) is 0 Å². The van der Waals surface area contributed by atoms with E-state index >= 15 is 0 Å². The lowest BCUT2D eigenvalue weighted by Gasteiger charge is -2.44. The van der Waals surface area contributed by atoms with E-state index in [4.69, 9.17) is 4.74 Å². The summed E-state index contributed by atoms with van der Waals surface area (Å²) >= 11 is 0. The van der Waals surface area contributed by atoms with Crippen LogP contribution in [0.25, 0.3) is 0 Å². The fourth-order valence-corrected chi connectivity index (χ4v) is 4.00. The number of ether oxygens (including phenoxy) is 1. The molecule has 1 aromatic rings. The Morgan fingerprint density at radius 1 is 1.10 bits per heavy atom. The maximum absolute atomic E-state index is 6.08. The largest absolute Gasteiger partial charge is 0.375 e. The van der Waals surface area contributed by atoms with Gasteiger partial charge in [0.15, 0.2) is 0 Å². The Morgan fingerprint density at radius 3 is 2.48 bits per heavy atom. The monoisotopic (exact) mass is 287 g/mol. The Balaban J connectivity index is 1.48. The van der Waals surface area contributed by atoms with Crippen LogP contribution < -0.4 is 5.32 Å². The van der Waals surface area contributed by atoms with Crippen molar-refractivity contribution in [2.75, 3.05) is 6.61 Å². The zero-order chi connectivity index (χ0) is 14.7. The molecule has 1 saturated carbocycles. The van der Waals surface area contributed by atoms with Crippen LogP contribution in [0.15, 0.2) is 30.3 Å². The summed E-state index contributed by atoms with van der Waals surface area (Å²) in [5, 5.41) is 3.90. The highest BCUT2D eigenvalue weighted by molar-refractivity contribution is 5.22. The number of nitrogens with one attached hydrogen (secondary N) is 1. The van der Waals surface area contributed by atoms with Crippen LogP contribution in [0.4, 0.5) is 0 Å². The summed E-state index contributed by atoms with van der Waals surface area (Å²) in [6.45, 7) is 5.45. The number of rotatable bonds is 5. The highest BCUT2D eigenvalue weighted by atomic mass is 16.5. The Hall–Kier alpha value is -0.860. The molecule has 0 bridgehead atoms. The molecule has 1 aliphatic heterocycles. The summed E-state index contributed by atoms with van der Waals surface area (Å²) in [7, 11) is 0. The summed E-state index contributed by atoms with van der Waals surface area (Å²) < 4.78 is 6.08. The summed E-state index contributed by atoms with van der Waals surface area (Å²) in [6, 6.07) is 12.3. The molecule has 1 aromatic carbocycles. The molecule has 1 saturated heterocycles. The number of hydrogen-bond acceptors (Lipinski definition) is 2. The molecule has 2 fully saturated rings. The number of hydrogen-bond donors (Lipinski definition) is 1. The first-order valence-corrected chi connectivity index (χ1v) is 8.69. The molecule has 2 aliphatic rings. The van der Waals surface area contributed by atoms with Crippen molar-refractivity contribution in [3.63, 3.8) is 0 Å². The van der Waals surface area contributed by atoms with Crippen LogP contribution in [-0.4, -0.2) is 24.3 Å². The second kappa shape index (κ2) is 6.50. The van der Waals surface area contributed by atoms with Gasteiger partial charge < -0.3 is 10.1 Å². The normalized spacial score (nSPS) is 31.6. The van der Waals surface area contributed by atoms with Gasteiger partial charge in [-0.1, -0.05) is 44.2 Å². The van der Waals surface area contributed by atoms with Crippen LogP contribution in [0, 0.1) is 0 Å². The van der Waals surface area contributed by atoms with Crippen LogP contribution in [0.3, 0.4) is 0 Å². The van der Waals surface area contributed by atoms with E-state index in [1.807, 2.05) is 0 Å². The minimum atomic E-state index is 0.137. The van der Waals surface area contributed by atoms with Crippen LogP contribution >= 0.6 is 0 Å². The van der Waals surface area contributed by atoms with Gasteiger partial charge in [0, 0.05) is 18.7 Å². The van der Waals surface area contributed by atoms with Crippen molar-refractivity contribution in [1.29, 1.82) is 0 Å². The lowest BCUT2D eigenvalue weighted by atomic mass is 9.75. The van der Waals surface area contributed by atoms with E-state index in [9.17, 15) is 0 Å². The Bertz CT molecular complexity index is 434. The molecule has 2 nitrogen and oxygen atoms in total. The zero-order valence-corrected chi connectivity index (χ0v) is 13.5. The van der Waals surface area contributed by atoms with Gasteiger partial charge in [0.05, 0.1) is 5.60 Å². The van der Waals surface area contributed by atoms with E-state index in [0.717, 1.165) is 25.4 Å². The standard InChI is InChI=1S/C19H29NO/c1-3-19(4-2)14-17(10-11-21-19)20-18-12-16(13-18)15-8-6-5-7-9-15/h5-9,16-18,20H,3-4,10-14H2,1-2H3. The maximum atomic E-state index is 6.08. The molecule has 1 unspecified atom stereocenters. The van der Waals surface area contributed by atoms with Crippen molar-refractivity contribution in [3.8, 4) is 0 Å². The second-order valence-corrected chi connectivity index (χ2v) is 6.87. The van der Waals surface area contributed by atoms with Crippen molar-refractivity contribution in [2.45, 2.75) is 76.0 Å². The molecule has 3 rings (SSSR count). The minimum Gasteiger partial charge on any atom is -0.375 e. The molecule has 1 atom stereocenters. The molecule has 0 spiro atoms. The average Bonchev–Trinajstić information content (AvgIpc) is 2.51. The third-order valence-corrected chi connectivity index (χ3v) is 5.66. The highest BCUT2D eigenvalue weighted by Crippen LogP contribution is 2.38. The van der Waals surface area contributed by atoms with Gasteiger partial charge >= 0.3 is 0 Å². The summed E-state index contributed by atoms with van der Waals surface area (Å²) in [4.78, 5) is 0. The fourth-order valence-electron chi connectivity index (χ4n) is 4.00. The first-order chi connectivity index (χ1) is 10.2. The second-order valence-electron chi connectivity index (χ2n) is 6.87. The molecular formula is C19H29NO. The average molecular weight is 287 g/mol. The SMILES string of the molecule is CCC1(CC)CC(NC2CC(c3ccccc3)C2)CCO1. The van der Waals surface area contributed by atoms with E-state index in [2.05, 4.69) is 49.5 Å². The molecule has 0 aromatic heterocycles. The molecule has 116 valence electrons. The quantitative estimate of drug-likeness (QED) is 0.873. The van der Waals surface area contributed by atoms with Crippen LogP contribution in [0.1, 0.15) is 63.9 Å². The summed E-state index contributed by atoms with van der Waals surface area (Å²) in [5.74, 6) is 0.769. The zero-order valence-electron chi connectivity index (χ0n) is 13.5. The van der Waals surface area contributed by atoms with Gasteiger partial charge in [-0.15, -0.1) is 0 Å². The van der Waals surface area contributed by atoms with E-state index in [-0.39, 0.29) is 5.60 Å². The van der Waals surface area contributed by atoms with Crippen LogP contribution in [0.5, 0.6) is 0 Å². The molecular weight excluding hydrogens is 258 g/mol. The molecule has 2 heteroatoms. The topological polar surface area (TPSA) is 21.3 Å². The molecule has 0 amide bonds. The third-order valence-electron chi connectivity index (χ3n) is 5.66.